The number of rotatable bonds is 5. The summed E-state index contributed by atoms with van der Waals surface area (Å²) in [4.78, 5) is 25.2. The van der Waals surface area contributed by atoms with Crippen LogP contribution in [-0.4, -0.2) is 43.7 Å². The summed E-state index contributed by atoms with van der Waals surface area (Å²) in [7, 11) is 0. The van der Waals surface area contributed by atoms with E-state index in [1.54, 1.807) is 12.1 Å². The number of esters is 2. The SMILES string of the molecule is CC(=O)OC1CC2=CC=C3[C@@H]4CC[C@H](C(C)C5OCCO5)[C@@]4(C)CC[C@@H]3[C@@]2(C)C(OC(=O)c2ccccc2)C1. The molecule has 6 rings (SSSR count). The van der Waals surface area contributed by atoms with Crippen molar-refractivity contribution in [1.29, 1.82) is 0 Å². The third-order valence-corrected chi connectivity index (χ3v) is 11.0. The minimum Gasteiger partial charge on any atom is -0.462 e. The Kier molecular flexibility index (Phi) is 6.99. The van der Waals surface area contributed by atoms with Crippen molar-refractivity contribution in [3.8, 4) is 0 Å². The van der Waals surface area contributed by atoms with Crippen molar-refractivity contribution in [2.24, 2.45) is 34.5 Å². The summed E-state index contributed by atoms with van der Waals surface area (Å²) < 4.78 is 23.9. The number of fused-ring (bicyclic) bond motifs is 5. The first-order chi connectivity index (χ1) is 18.7. The Morgan fingerprint density at radius 3 is 2.44 bits per heavy atom. The van der Waals surface area contributed by atoms with Crippen molar-refractivity contribution >= 4 is 11.9 Å². The van der Waals surface area contributed by atoms with Crippen molar-refractivity contribution in [3.63, 3.8) is 0 Å². The van der Waals surface area contributed by atoms with Crippen molar-refractivity contribution in [2.75, 3.05) is 13.2 Å². The van der Waals surface area contributed by atoms with E-state index in [1.807, 2.05) is 18.2 Å². The molecule has 1 heterocycles. The largest absolute Gasteiger partial charge is 0.462 e. The second kappa shape index (κ2) is 10.2. The fourth-order valence-electron chi connectivity index (χ4n) is 9.05. The Bertz CT molecular complexity index is 1170. The van der Waals surface area contributed by atoms with E-state index in [0.29, 0.717) is 55.3 Å². The normalized spacial score (nSPS) is 38.5. The first-order valence-electron chi connectivity index (χ1n) is 14.8. The van der Waals surface area contributed by atoms with Gasteiger partial charge >= 0.3 is 11.9 Å². The molecule has 1 aliphatic heterocycles. The average molecular weight is 535 g/mol. The number of ether oxygens (including phenoxy) is 4. The first kappa shape index (κ1) is 26.8. The van der Waals surface area contributed by atoms with Crippen LogP contribution in [0.5, 0.6) is 0 Å². The molecule has 0 amide bonds. The van der Waals surface area contributed by atoms with Gasteiger partial charge in [-0.1, -0.05) is 62.3 Å². The van der Waals surface area contributed by atoms with Crippen molar-refractivity contribution in [3.05, 3.63) is 59.2 Å². The highest BCUT2D eigenvalue weighted by Crippen LogP contribution is 2.66. The molecule has 8 atom stereocenters. The van der Waals surface area contributed by atoms with Gasteiger partial charge < -0.3 is 18.9 Å². The van der Waals surface area contributed by atoms with Crippen LogP contribution in [0.4, 0.5) is 0 Å². The topological polar surface area (TPSA) is 71.1 Å². The molecule has 3 unspecified atom stereocenters. The number of carbonyl (C=O) groups excluding carboxylic acids is 2. The molecular formula is C33H42O6. The first-order valence-corrected chi connectivity index (χ1v) is 14.8. The van der Waals surface area contributed by atoms with E-state index in [4.69, 9.17) is 18.9 Å². The Morgan fingerprint density at radius 2 is 1.72 bits per heavy atom. The number of benzene rings is 1. The lowest BCUT2D eigenvalue weighted by Crippen LogP contribution is -2.54. The van der Waals surface area contributed by atoms with Gasteiger partial charge in [-0.05, 0) is 61.0 Å². The molecule has 6 heteroatoms. The predicted octanol–water partition coefficient (Wildman–Crippen LogP) is 6.26. The van der Waals surface area contributed by atoms with Crippen LogP contribution in [0.25, 0.3) is 0 Å². The fraction of sp³-hybridized carbons (Fsp3) is 0.636. The fourth-order valence-corrected chi connectivity index (χ4v) is 9.05. The Hall–Kier alpha value is -2.44. The van der Waals surface area contributed by atoms with Crippen molar-refractivity contribution < 1.29 is 28.5 Å². The lowest BCUT2D eigenvalue weighted by Gasteiger charge is -2.57. The summed E-state index contributed by atoms with van der Waals surface area (Å²) in [6.45, 7) is 9.93. The van der Waals surface area contributed by atoms with Crippen LogP contribution in [0.3, 0.4) is 0 Å². The van der Waals surface area contributed by atoms with Gasteiger partial charge in [-0.25, -0.2) is 4.79 Å². The summed E-state index contributed by atoms with van der Waals surface area (Å²) in [6, 6.07) is 9.20. The zero-order valence-corrected chi connectivity index (χ0v) is 23.7. The van der Waals surface area contributed by atoms with Crippen LogP contribution in [0, 0.1) is 34.5 Å². The maximum absolute atomic E-state index is 13.3. The van der Waals surface area contributed by atoms with Gasteiger partial charge in [-0.2, -0.15) is 0 Å². The van der Waals surface area contributed by atoms with Gasteiger partial charge in [-0.15, -0.1) is 0 Å². The molecule has 5 aliphatic rings. The van der Waals surface area contributed by atoms with Gasteiger partial charge in [0.05, 0.1) is 18.8 Å². The van der Waals surface area contributed by atoms with E-state index in [9.17, 15) is 9.59 Å². The minimum absolute atomic E-state index is 0.0917. The summed E-state index contributed by atoms with van der Waals surface area (Å²) in [6.07, 6.45) is 9.63. The lowest BCUT2D eigenvalue weighted by atomic mass is 9.49. The number of hydrogen-bond acceptors (Lipinski definition) is 6. The second-order valence-electron chi connectivity index (χ2n) is 12.9. The van der Waals surface area contributed by atoms with E-state index in [0.717, 1.165) is 12.8 Å². The molecule has 0 spiro atoms. The molecule has 1 aromatic rings. The molecule has 210 valence electrons. The van der Waals surface area contributed by atoms with Crippen LogP contribution >= 0.6 is 0 Å². The zero-order chi connectivity index (χ0) is 27.4. The Labute approximate surface area is 232 Å². The molecule has 39 heavy (non-hydrogen) atoms. The van der Waals surface area contributed by atoms with Gasteiger partial charge in [0.25, 0.3) is 0 Å². The van der Waals surface area contributed by atoms with Crippen LogP contribution in [0.1, 0.15) is 76.6 Å². The number of hydrogen-bond donors (Lipinski definition) is 0. The summed E-state index contributed by atoms with van der Waals surface area (Å²) in [5, 5.41) is 0. The molecule has 1 aromatic carbocycles. The van der Waals surface area contributed by atoms with Crippen molar-refractivity contribution in [2.45, 2.75) is 84.7 Å². The minimum atomic E-state index is -0.371. The predicted molar refractivity (Wildman–Crippen MR) is 147 cm³/mol. The summed E-state index contributed by atoms with van der Waals surface area (Å²) >= 11 is 0. The lowest BCUT2D eigenvalue weighted by molar-refractivity contribution is -0.152. The van der Waals surface area contributed by atoms with Gasteiger partial charge in [-0.3, -0.25) is 4.79 Å². The highest BCUT2D eigenvalue weighted by Gasteiger charge is 2.60. The van der Waals surface area contributed by atoms with Gasteiger partial charge in [0.2, 0.25) is 0 Å². The monoisotopic (exact) mass is 534 g/mol. The zero-order valence-electron chi connectivity index (χ0n) is 23.7. The van der Waals surface area contributed by atoms with Crippen molar-refractivity contribution in [1.82, 2.24) is 0 Å². The molecule has 0 N–H and O–H groups in total. The van der Waals surface area contributed by atoms with E-state index < -0.39 is 0 Å². The van der Waals surface area contributed by atoms with Gasteiger partial charge in [0.1, 0.15) is 12.2 Å². The summed E-state index contributed by atoms with van der Waals surface area (Å²) in [5.41, 5.74) is 3.18. The highest BCUT2D eigenvalue weighted by atomic mass is 16.7. The number of allylic oxidation sites excluding steroid dienone is 3. The third kappa shape index (κ3) is 4.48. The second-order valence-corrected chi connectivity index (χ2v) is 12.9. The molecule has 6 nitrogen and oxygen atoms in total. The Morgan fingerprint density at radius 1 is 0.974 bits per heavy atom. The van der Waals surface area contributed by atoms with Gasteiger partial charge in [0.15, 0.2) is 6.29 Å². The molecule has 0 bridgehead atoms. The van der Waals surface area contributed by atoms with Crippen LogP contribution < -0.4 is 0 Å². The van der Waals surface area contributed by atoms with Crippen LogP contribution in [0.15, 0.2) is 53.6 Å². The molecular weight excluding hydrogens is 492 g/mol. The third-order valence-electron chi connectivity index (χ3n) is 11.0. The Balaban J connectivity index is 1.31. The maximum atomic E-state index is 13.3. The van der Waals surface area contributed by atoms with E-state index in [-0.39, 0.29) is 41.3 Å². The maximum Gasteiger partial charge on any atom is 0.338 e. The average Bonchev–Trinajstić information content (AvgIpc) is 3.57. The van der Waals surface area contributed by atoms with E-state index in [2.05, 4.69) is 32.9 Å². The summed E-state index contributed by atoms with van der Waals surface area (Å²) in [5.74, 6) is 1.11. The molecule has 4 aliphatic carbocycles. The smallest absolute Gasteiger partial charge is 0.338 e. The quantitative estimate of drug-likeness (QED) is 0.415. The molecule has 1 saturated heterocycles. The molecule has 0 aromatic heterocycles. The van der Waals surface area contributed by atoms with E-state index in [1.165, 1.54) is 30.9 Å². The molecule has 4 fully saturated rings. The highest BCUT2D eigenvalue weighted by molar-refractivity contribution is 5.89. The van der Waals surface area contributed by atoms with Gasteiger partial charge in [0, 0.05) is 31.1 Å². The molecule has 3 saturated carbocycles. The van der Waals surface area contributed by atoms with E-state index >= 15 is 0 Å². The van der Waals surface area contributed by atoms with Crippen LogP contribution in [-0.2, 0) is 23.7 Å². The standard InChI is InChI=1S/C33H42O6/c1-20(31-36-16-17-37-31)26-12-13-27-25-11-10-23-18-24(38-21(2)34)19-29(39-30(35)22-8-6-5-7-9-22)33(23,4)28(25)14-15-32(26,27)3/h5-11,20,24,26-29,31H,12-19H2,1-4H3/t20?,24?,26-,27+,28+,29?,32-,33+/m1/s1. The molecule has 0 radical (unpaired) electrons. The van der Waals surface area contributed by atoms with Crippen LogP contribution in [0.2, 0.25) is 0 Å². The number of carbonyl (C=O) groups is 2.